The molecule has 15 nitrogen and oxygen atoms in total. The Labute approximate surface area is 217 Å². The van der Waals surface area contributed by atoms with Crippen LogP contribution in [0.1, 0.15) is 37.8 Å². The number of aromatic nitrogens is 2. The maximum atomic E-state index is 13.0. The molecule has 4 unspecified atom stereocenters. The summed E-state index contributed by atoms with van der Waals surface area (Å²) in [6.45, 7) is 0. The standard InChI is InChI=1S/C21H34N8O7S/c1-37-7-6-12(22)18(32)27-13(2-4-16(23)30)19(33)28-14(3-5-17(24)31)20(34)29-15(21(35)36)8-11-9-25-10-26-11/h9-10,12-15H,2-8,22H2,1H3,(H2,23,30)(H2,24,31)(H,25,26)(H,27,32)(H,28,33)(H,29,34)(H,35,36). The Kier molecular flexibility index (Phi) is 13.7. The van der Waals surface area contributed by atoms with Gasteiger partial charge in [0.15, 0.2) is 0 Å². The molecule has 0 radical (unpaired) electrons. The van der Waals surface area contributed by atoms with Gasteiger partial charge in [0.2, 0.25) is 29.5 Å². The Morgan fingerprint density at radius 3 is 1.86 bits per heavy atom. The third-order valence-electron chi connectivity index (χ3n) is 5.19. The molecule has 0 aliphatic carbocycles. The quantitative estimate of drug-likeness (QED) is 0.0937. The minimum Gasteiger partial charge on any atom is -0.480 e. The Morgan fingerprint density at radius 2 is 1.43 bits per heavy atom. The summed E-state index contributed by atoms with van der Waals surface area (Å²) < 4.78 is 0. The average molecular weight is 543 g/mol. The first-order valence-corrected chi connectivity index (χ1v) is 12.8. The number of carbonyl (C=O) groups excluding carboxylic acids is 5. The van der Waals surface area contributed by atoms with Gasteiger partial charge in [0.05, 0.1) is 12.4 Å². The van der Waals surface area contributed by atoms with Crippen LogP contribution in [0.2, 0.25) is 0 Å². The Balaban J connectivity index is 3.01. The van der Waals surface area contributed by atoms with Crippen molar-refractivity contribution in [1.29, 1.82) is 0 Å². The molecule has 0 aliphatic heterocycles. The van der Waals surface area contributed by atoms with E-state index in [1.54, 1.807) is 0 Å². The smallest absolute Gasteiger partial charge is 0.326 e. The fraction of sp³-hybridized carbons (Fsp3) is 0.571. The fourth-order valence-electron chi connectivity index (χ4n) is 3.13. The Hall–Kier alpha value is -3.66. The lowest BCUT2D eigenvalue weighted by Gasteiger charge is -2.25. The second-order valence-corrected chi connectivity index (χ2v) is 9.19. The highest BCUT2D eigenvalue weighted by atomic mass is 32.2. The van der Waals surface area contributed by atoms with Crippen molar-refractivity contribution >= 4 is 47.3 Å². The van der Waals surface area contributed by atoms with E-state index in [0.29, 0.717) is 17.9 Å². The number of carboxylic acid groups (broad SMARTS) is 1. The molecule has 16 heteroatoms. The first-order chi connectivity index (χ1) is 17.4. The first kappa shape index (κ1) is 31.4. The molecular weight excluding hydrogens is 508 g/mol. The highest BCUT2D eigenvalue weighted by Crippen LogP contribution is 2.06. The summed E-state index contributed by atoms with van der Waals surface area (Å²) in [7, 11) is 0. The van der Waals surface area contributed by atoms with E-state index >= 15 is 0 Å². The minimum absolute atomic E-state index is 0.122. The number of hydrogen-bond donors (Lipinski definition) is 8. The number of carboxylic acids is 1. The van der Waals surface area contributed by atoms with Crippen LogP contribution >= 0.6 is 11.8 Å². The molecule has 0 saturated carbocycles. The number of carbonyl (C=O) groups is 6. The number of rotatable bonds is 18. The van der Waals surface area contributed by atoms with Crippen molar-refractivity contribution in [1.82, 2.24) is 25.9 Å². The second-order valence-electron chi connectivity index (χ2n) is 8.20. The van der Waals surface area contributed by atoms with E-state index in [1.165, 1.54) is 24.3 Å². The van der Waals surface area contributed by atoms with Crippen molar-refractivity contribution in [2.45, 2.75) is 62.7 Å². The molecule has 0 aliphatic rings. The number of imidazole rings is 1. The van der Waals surface area contributed by atoms with E-state index in [0.717, 1.165) is 0 Å². The lowest BCUT2D eigenvalue weighted by atomic mass is 10.1. The predicted octanol–water partition coefficient (Wildman–Crippen LogP) is -2.90. The third kappa shape index (κ3) is 12.2. The topological polar surface area (TPSA) is 265 Å². The highest BCUT2D eigenvalue weighted by molar-refractivity contribution is 7.98. The van der Waals surface area contributed by atoms with Crippen molar-refractivity contribution in [2.75, 3.05) is 12.0 Å². The van der Waals surface area contributed by atoms with Gasteiger partial charge in [-0.1, -0.05) is 0 Å². The van der Waals surface area contributed by atoms with Gasteiger partial charge in [0.1, 0.15) is 18.1 Å². The number of hydrogen-bond acceptors (Lipinski definition) is 9. The van der Waals surface area contributed by atoms with Crippen LogP contribution in [-0.4, -0.2) is 86.8 Å². The number of nitrogens with one attached hydrogen (secondary N) is 4. The van der Waals surface area contributed by atoms with Crippen LogP contribution in [0, 0.1) is 0 Å². The minimum atomic E-state index is -1.37. The van der Waals surface area contributed by atoms with Gasteiger partial charge in [-0.05, 0) is 31.3 Å². The summed E-state index contributed by atoms with van der Waals surface area (Å²) in [5.41, 5.74) is 16.6. The summed E-state index contributed by atoms with van der Waals surface area (Å²) in [6, 6.07) is -4.93. The summed E-state index contributed by atoms with van der Waals surface area (Å²) in [5.74, 6) is -4.58. The van der Waals surface area contributed by atoms with Crippen LogP contribution in [-0.2, 0) is 35.2 Å². The van der Waals surface area contributed by atoms with Gasteiger partial charge in [0.25, 0.3) is 0 Å². The Morgan fingerprint density at radius 1 is 0.919 bits per heavy atom. The molecule has 1 heterocycles. The normalized spacial score (nSPS) is 14.0. The molecule has 0 bridgehead atoms. The monoisotopic (exact) mass is 542 g/mol. The zero-order chi connectivity index (χ0) is 28.0. The number of H-pyrrole nitrogens is 1. The molecule has 4 atom stereocenters. The van der Waals surface area contributed by atoms with Crippen LogP contribution < -0.4 is 33.2 Å². The van der Waals surface area contributed by atoms with E-state index in [-0.39, 0.29) is 32.1 Å². The molecule has 5 amide bonds. The van der Waals surface area contributed by atoms with Crippen molar-refractivity contribution in [3.05, 3.63) is 18.2 Å². The molecule has 11 N–H and O–H groups in total. The average Bonchev–Trinajstić information content (AvgIpc) is 3.34. The maximum Gasteiger partial charge on any atom is 0.326 e. The zero-order valence-corrected chi connectivity index (χ0v) is 21.2. The Bertz CT molecular complexity index is 943. The highest BCUT2D eigenvalue weighted by Gasteiger charge is 2.31. The number of aliphatic carboxylic acids is 1. The van der Waals surface area contributed by atoms with Crippen LogP contribution in [0.15, 0.2) is 12.5 Å². The van der Waals surface area contributed by atoms with Gasteiger partial charge in [-0.2, -0.15) is 11.8 Å². The SMILES string of the molecule is CSCCC(N)C(=O)NC(CCC(N)=O)C(=O)NC(CCC(N)=O)C(=O)NC(Cc1cnc[nH]1)C(=O)O. The van der Waals surface area contributed by atoms with E-state index in [1.807, 2.05) is 6.26 Å². The van der Waals surface area contributed by atoms with Gasteiger partial charge in [-0.25, -0.2) is 9.78 Å². The van der Waals surface area contributed by atoms with Gasteiger partial charge >= 0.3 is 5.97 Å². The lowest BCUT2D eigenvalue weighted by Crippen LogP contribution is -2.57. The largest absolute Gasteiger partial charge is 0.480 e. The number of primary amides is 2. The zero-order valence-electron chi connectivity index (χ0n) is 20.4. The van der Waals surface area contributed by atoms with Gasteiger partial charge in [0, 0.05) is 31.2 Å². The number of amides is 5. The van der Waals surface area contributed by atoms with Crippen LogP contribution in [0.3, 0.4) is 0 Å². The van der Waals surface area contributed by atoms with Crippen molar-refractivity contribution in [3.63, 3.8) is 0 Å². The van der Waals surface area contributed by atoms with Gasteiger partial charge in [-0.3, -0.25) is 24.0 Å². The number of aromatic amines is 1. The van der Waals surface area contributed by atoms with E-state index in [2.05, 4.69) is 25.9 Å². The van der Waals surface area contributed by atoms with Gasteiger partial charge < -0.3 is 43.2 Å². The molecule has 1 aromatic heterocycles. The van der Waals surface area contributed by atoms with E-state index in [4.69, 9.17) is 17.2 Å². The first-order valence-electron chi connectivity index (χ1n) is 11.4. The molecule has 37 heavy (non-hydrogen) atoms. The van der Waals surface area contributed by atoms with E-state index in [9.17, 15) is 33.9 Å². The van der Waals surface area contributed by atoms with E-state index < -0.39 is 59.7 Å². The summed E-state index contributed by atoms with van der Waals surface area (Å²) >= 11 is 1.48. The number of nitrogens with two attached hydrogens (primary N) is 3. The molecule has 206 valence electrons. The molecule has 1 rings (SSSR count). The third-order valence-corrected chi connectivity index (χ3v) is 5.83. The number of nitrogens with zero attached hydrogens (tertiary/aromatic N) is 1. The predicted molar refractivity (Wildman–Crippen MR) is 134 cm³/mol. The fourth-order valence-corrected chi connectivity index (χ4v) is 3.62. The molecule has 0 fully saturated rings. The molecular formula is C21H34N8O7S. The van der Waals surface area contributed by atoms with Gasteiger partial charge in [-0.15, -0.1) is 0 Å². The van der Waals surface area contributed by atoms with Crippen LogP contribution in [0.5, 0.6) is 0 Å². The summed E-state index contributed by atoms with van der Waals surface area (Å²) in [4.78, 5) is 79.2. The lowest BCUT2D eigenvalue weighted by molar-refractivity contribution is -0.142. The summed E-state index contributed by atoms with van der Waals surface area (Å²) in [5, 5.41) is 16.7. The second kappa shape index (κ2) is 16.2. The maximum absolute atomic E-state index is 13.0. The van der Waals surface area contributed by atoms with Crippen LogP contribution in [0.25, 0.3) is 0 Å². The van der Waals surface area contributed by atoms with Crippen molar-refractivity contribution < 1.29 is 33.9 Å². The number of thioether (sulfide) groups is 1. The van der Waals surface area contributed by atoms with Crippen LogP contribution in [0.4, 0.5) is 0 Å². The van der Waals surface area contributed by atoms with Crippen molar-refractivity contribution in [2.24, 2.45) is 17.2 Å². The molecule has 0 spiro atoms. The summed E-state index contributed by atoms with van der Waals surface area (Å²) in [6.07, 6.45) is 3.84. The molecule has 1 aromatic rings. The van der Waals surface area contributed by atoms with Crippen molar-refractivity contribution in [3.8, 4) is 0 Å². The molecule has 0 aromatic carbocycles. The molecule has 0 saturated heterocycles.